The molecule has 5 rings (SSSR count). The van der Waals surface area contributed by atoms with Crippen LogP contribution in [-0.4, -0.2) is 24.8 Å². The Bertz CT molecular complexity index is 707. The fourth-order valence-electron chi connectivity index (χ4n) is 5.24. The summed E-state index contributed by atoms with van der Waals surface area (Å²) in [5.41, 5.74) is 8.16. The maximum Gasteiger partial charge on any atom is 0.475 e. The molecule has 0 radical (unpaired) electrons. The Morgan fingerprint density at radius 2 is 2.04 bits per heavy atom. The van der Waals surface area contributed by atoms with Crippen LogP contribution in [0.1, 0.15) is 44.7 Å². The van der Waals surface area contributed by atoms with Crippen LogP contribution in [0, 0.1) is 28.6 Å². The Hall–Kier alpha value is -1.06. The standard InChI is InChI=1S/C19H25BN2O2.ClH/c1-18(2)14-9-15(18)19(3)16(10-14)23-20(24-19)17(22)8-12-6-4-5-7-13(12)11-21;/h4-7,14-17H,8-10,22H2,1-3H3;1H/t14-,15-,16+,17?,19-;/m0./s1. The molecule has 5 atom stereocenters. The lowest BCUT2D eigenvalue weighted by molar-refractivity contribution is -0.199. The van der Waals surface area contributed by atoms with Crippen molar-refractivity contribution in [2.24, 2.45) is 23.0 Å². The van der Waals surface area contributed by atoms with Gasteiger partial charge in [0.15, 0.2) is 0 Å². The molecule has 2 bridgehead atoms. The van der Waals surface area contributed by atoms with Crippen LogP contribution in [0.4, 0.5) is 0 Å². The molecule has 0 aromatic heterocycles. The van der Waals surface area contributed by atoms with Crippen molar-refractivity contribution in [2.45, 2.75) is 57.7 Å². The third kappa shape index (κ3) is 2.71. The van der Waals surface area contributed by atoms with Crippen molar-refractivity contribution in [1.82, 2.24) is 0 Å². The van der Waals surface area contributed by atoms with Gasteiger partial charge in [-0.3, -0.25) is 0 Å². The van der Waals surface area contributed by atoms with Gasteiger partial charge in [0.2, 0.25) is 0 Å². The molecule has 1 heterocycles. The third-order valence-electron chi connectivity index (χ3n) is 6.91. The largest absolute Gasteiger partial charge is 0.475 e. The van der Waals surface area contributed by atoms with E-state index in [1.807, 2.05) is 24.3 Å². The zero-order valence-electron chi connectivity index (χ0n) is 15.1. The van der Waals surface area contributed by atoms with E-state index in [1.165, 1.54) is 6.42 Å². The summed E-state index contributed by atoms with van der Waals surface area (Å²) in [5.74, 6) is 1.01. The second-order valence-electron chi connectivity index (χ2n) is 8.47. The van der Waals surface area contributed by atoms with Crippen LogP contribution in [0.25, 0.3) is 0 Å². The average Bonchev–Trinajstić information content (AvgIpc) is 2.92. The lowest BCUT2D eigenvalue weighted by Gasteiger charge is -2.64. The number of nitrogens with two attached hydrogens (primary N) is 1. The van der Waals surface area contributed by atoms with Crippen LogP contribution in [0.15, 0.2) is 24.3 Å². The maximum atomic E-state index is 9.25. The van der Waals surface area contributed by atoms with E-state index in [2.05, 4.69) is 26.8 Å². The second-order valence-corrected chi connectivity index (χ2v) is 8.47. The summed E-state index contributed by atoms with van der Waals surface area (Å²) in [6.07, 6.45) is 3.05. The van der Waals surface area contributed by atoms with Crippen molar-refractivity contribution in [2.75, 3.05) is 0 Å². The van der Waals surface area contributed by atoms with E-state index in [-0.39, 0.29) is 37.2 Å². The molecule has 1 aromatic rings. The fraction of sp³-hybridized carbons (Fsp3) is 0.632. The highest BCUT2D eigenvalue weighted by Crippen LogP contribution is 2.65. The number of rotatable bonds is 3. The maximum absolute atomic E-state index is 9.25. The highest BCUT2D eigenvalue weighted by Gasteiger charge is 2.68. The Balaban J connectivity index is 0.00000182. The first kappa shape index (κ1) is 18.7. The zero-order valence-corrected chi connectivity index (χ0v) is 15.9. The minimum Gasteiger partial charge on any atom is -0.404 e. The number of nitrogens with zero attached hydrogens (tertiary/aromatic N) is 1. The van der Waals surface area contributed by atoms with Crippen LogP contribution in [0.3, 0.4) is 0 Å². The molecule has 1 aliphatic heterocycles. The predicted molar refractivity (Wildman–Crippen MR) is 100 cm³/mol. The van der Waals surface area contributed by atoms with Gasteiger partial charge >= 0.3 is 7.12 Å². The molecule has 134 valence electrons. The first-order chi connectivity index (χ1) is 11.4. The van der Waals surface area contributed by atoms with Gasteiger partial charge in [-0.05, 0) is 55.1 Å². The normalized spacial score (nSPS) is 35.8. The molecule has 25 heavy (non-hydrogen) atoms. The van der Waals surface area contributed by atoms with Gasteiger partial charge in [0.05, 0.1) is 23.3 Å². The van der Waals surface area contributed by atoms with Gasteiger partial charge in [-0.2, -0.15) is 5.26 Å². The molecule has 3 saturated carbocycles. The topological polar surface area (TPSA) is 68.3 Å². The Kier molecular flexibility index (Phi) is 4.70. The second kappa shape index (κ2) is 6.28. The number of hydrogen-bond donors (Lipinski definition) is 1. The molecule has 2 N–H and O–H groups in total. The molecule has 0 spiro atoms. The quantitative estimate of drug-likeness (QED) is 0.841. The smallest absolute Gasteiger partial charge is 0.404 e. The van der Waals surface area contributed by atoms with Gasteiger partial charge in [0.25, 0.3) is 0 Å². The van der Waals surface area contributed by atoms with Gasteiger partial charge in [0, 0.05) is 5.94 Å². The van der Waals surface area contributed by atoms with Crippen LogP contribution >= 0.6 is 12.4 Å². The summed E-state index contributed by atoms with van der Waals surface area (Å²) in [4.78, 5) is 0. The Morgan fingerprint density at radius 3 is 2.72 bits per heavy atom. The van der Waals surface area contributed by atoms with E-state index in [1.54, 1.807) is 0 Å². The van der Waals surface area contributed by atoms with Gasteiger partial charge < -0.3 is 15.0 Å². The molecule has 4 nitrogen and oxygen atoms in total. The van der Waals surface area contributed by atoms with Gasteiger partial charge in [-0.1, -0.05) is 32.0 Å². The van der Waals surface area contributed by atoms with E-state index >= 15 is 0 Å². The van der Waals surface area contributed by atoms with Crippen LogP contribution < -0.4 is 5.73 Å². The summed E-state index contributed by atoms with van der Waals surface area (Å²) < 4.78 is 12.7. The number of hydrogen-bond acceptors (Lipinski definition) is 4. The van der Waals surface area contributed by atoms with E-state index < -0.39 is 0 Å². The van der Waals surface area contributed by atoms with Crippen molar-refractivity contribution >= 4 is 19.5 Å². The highest BCUT2D eigenvalue weighted by atomic mass is 35.5. The van der Waals surface area contributed by atoms with Crippen LogP contribution in [-0.2, 0) is 15.7 Å². The summed E-state index contributed by atoms with van der Waals surface area (Å²) in [5, 5.41) is 9.25. The highest BCUT2D eigenvalue weighted by molar-refractivity contribution is 6.47. The van der Waals surface area contributed by atoms with Gasteiger partial charge in [-0.15, -0.1) is 12.4 Å². The van der Waals surface area contributed by atoms with Crippen molar-refractivity contribution in [3.8, 4) is 6.07 Å². The van der Waals surface area contributed by atoms with E-state index in [0.717, 1.165) is 17.9 Å². The van der Waals surface area contributed by atoms with Crippen molar-refractivity contribution in [1.29, 1.82) is 5.26 Å². The van der Waals surface area contributed by atoms with E-state index in [4.69, 9.17) is 15.0 Å². The van der Waals surface area contributed by atoms with E-state index in [0.29, 0.717) is 23.3 Å². The molecule has 1 saturated heterocycles. The van der Waals surface area contributed by atoms with Crippen molar-refractivity contribution < 1.29 is 9.31 Å². The van der Waals surface area contributed by atoms with Crippen LogP contribution in [0.5, 0.6) is 0 Å². The fourth-order valence-corrected chi connectivity index (χ4v) is 5.24. The lowest BCUT2D eigenvalue weighted by Crippen LogP contribution is -2.65. The molecule has 0 amide bonds. The number of benzene rings is 1. The third-order valence-corrected chi connectivity index (χ3v) is 6.91. The summed E-state index contributed by atoms with van der Waals surface area (Å²) in [7, 11) is -0.387. The van der Waals surface area contributed by atoms with Crippen molar-refractivity contribution in [3.63, 3.8) is 0 Å². The Labute approximate surface area is 156 Å². The lowest BCUT2D eigenvalue weighted by atomic mass is 9.43. The molecule has 1 aromatic carbocycles. The number of halogens is 1. The number of nitriles is 1. The minimum atomic E-state index is -0.387. The minimum absolute atomic E-state index is 0. The van der Waals surface area contributed by atoms with E-state index in [9.17, 15) is 5.26 Å². The summed E-state index contributed by atoms with van der Waals surface area (Å²) in [6, 6.07) is 9.85. The van der Waals surface area contributed by atoms with Gasteiger partial charge in [0.1, 0.15) is 0 Å². The first-order valence-corrected chi connectivity index (χ1v) is 8.93. The molecule has 4 aliphatic rings. The molecular formula is C19H26BClN2O2. The summed E-state index contributed by atoms with van der Waals surface area (Å²) >= 11 is 0. The SMILES string of the molecule is CC1(C)[C@@H]2C[C@H]3OB(C(N)Cc4ccccc4C#N)O[C@@]3(C)[C@H]1C2.Cl. The molecule has 4 fully saturated rings. The summed E-state index contributed by atoms with van der Waals surface area (Å²) in [6.45, 7) is 6.91. The molecule has 6 heteroatoms. The van der Waals surface area contributed by atoms with Crippen LogP contribution in [0.2, 0.25) is 0 Å². The molecule has 3 aliphatic carbocycles. The Morgan fingerprint density at radius 1 is 1.32 bits per heavy atom. The zero-order chi connectivity index (χ0) is 17.1. The van der Waals surface area contributed by atoms with Crippen molar-refractivity contribution in [3.05, 3.63) is 35.4 Å². The molecule has 1 unspecified atom stereocenters. The monoisotopic (exact) mass is 360 g/mol. The van der Waals surface area contributed by atoms with Gasteiger partial charge in [-0.25, -0.2) is 0 Å². The molecular weight excluding hydrogens is 334 g/mol. The predicted octanol–water partition coefficient (Wildman–Crippen LogP) is 3.12. The average molecular weight is 361 g/mol. The first-order valence-electron chi connectivity index (χ1n) is 8.93.